The van der Waals surface area contributed by atoms with Crippen LogP contribution in [-0.2, 0) is 9.59 Å². The van der Waals surface area contributed by atoms with E-state index in [9.17, 15) is 9.59 Å². The molecule has 0 aromatic heterocycles. The summed E-state index contributed by atoms with van der Waals surface area (Å²) in [6.45, 7) is 9.07. The molecule has 0 radical (unpaired) electrons. The maximum Gasteiger partial charge on any atom is 0.217 e. The maximum atomic E-state index is 11.3. The number of carbonyl (C=O) groups excluding carboxylic acids is 2. The van der Waals surface area contributed by atoms with Gasteiger partial charge in [-0.3, -0.25) is 9.59 Å². The first-order chi connectivity index (χ1) is 6.34. The molecule has 14 heavy (non-hydrogen) atoms. The van der Waals surface area contributed by atoms with E-state index in [-0.39, 0.29) is 23.1 Å². The quantitative estimate of drug-likeness (QED) is 0.636. The number of carbonyl (C=O) groups is 2. The lowest BCUT2D eigenvalue weighted by molar-refractivity contribution is -0.120. The second-order valence-electron chi connectivity index (χ2n) is 4.18. The van der Waals surface area contributed by atoms with Crippen LogP contribution in [0.25, 0.3) is 0 Å². The summed E-state index contributed by atoms with van der Waals surface area (Å²) in [4.78, 5) is 22.3. The maximum absolute atomic E-state index is 11.3. The molecule has 1 amide bonds. The number of rotatable bonds is 1. The van der Waals surface area contributed by atoms with Crippen LogP contribution < -0.4 is 5.32 Å². The predicted octanol–water partition coefficient (Wildman–Crippen LogP) is 1.21. The van der Waals surface area contributed by atoms with Gasteiger partial charge in [0, 0.05) is 17.9 Å². The molecule has 76 valence electrons. The van der Waals surface area contributed by atoms with Crippen molar-refractivity contribution in [2.45, 2.75) is 26.8 Å². The van der Waals surface area contributed by atoms with Crippen LogP contribution >= 0.6 is 0 Å². The fourth-order valence-electron chi connectivity index (χ4n) is 1.56. The molecule has 1 aliphatic carbocycles. The van der Waals surface area contributed by atoms with Crippen LogP contribution in [0.15, 0.2) is 24.3 Å². The Labute approximate surface area is 83.9 Å². The average Bonchev–Trinajstić information content (AvgIpc) is 2.06. The van der Waals surface area contributed by atoms with E-state index in [1.54, 1.807) is 0 Å². The smallest absolute Gasteiger partial charge is 0.217 e. The second kappa shape index (κ2) is 3.40. The molecule has 0 aromatic rings. The van der Waals surface area contributed by atoms with Gasteiger partial charge in [0.15, 0.2) is 5.78 Å². The van der Waals surface area contributed by atoms with Gasteiger partial charge >= 0.3 is 0 Å². The van der Waals surface area contributed by atoms with E-state index in [2.05, 4.69) is 11.9 Å². The van der Waals surface area contributed by atoms with Crippen molar-refractivity contribution in [1.82, 2.24) is 5.32 Å². The summed E-state index contributed by atoms with van der Waals surface area (Å²) in [5, 5.41) is 2.74. The van der Waals surface area contributed by atoms with Gasteiger partial charge in [0.05, 0.1) is 6.04 Å². The molecule has 1 unspecified atom stereocenters. The number of ketones is 1. The van der Waals surface area contributed by atoms with Gasteiger partial charge in [0.25, 0.3) is 0 Å². The first-order valence-corrected chi connectivity index (χ1v) is 4.54. The standard InChI is InChI=1S/C11H15NO2/c1-7-9(14)5-6-11(3,4)10(7)12-8(2)13/h5-6,10H,1H2,2-4H3,(H,12,13). The number of allylic oxidation sites excluding steroid dienone is 1. The summed E-state index contributed by atoms with van der Waals surface area (Å²) in [6.07, 6.45) is 3.32. The summed E-state index contributed by atoms with van der Waals surface area (Å²) in [7, 11) is 0. The monoisotopic (exact) mass is 193 g/mol. The molecule has 1 aliphatic rings. The Kier molecular flexibility index (Phi) is 2.60. The SMILES string of the molecule is C=C1C(=O)C=CC(C)(C)C1NC(C)=O. The fraction of sp³-hybridized carbons (Fsp3) is 0.455. The Balaban J connectivity index is 3.00. The minimum Gasteiger partial charge on any atom is -0.349 e. The zero-order chi connectivity index (χ0) is 10.9. The molecular weight excluding hydrogens is 178 g/mol. The Morgan fingerprint density at radius 2 is 2.14 bits per heavy atom. The molecule has 3 heteroatoms. The zero-order valence-corrected chi connectivity index (χ0v) is 8.76. The van der Waals surface area contributed by atoms with Crippen LogP contribution in [-0.4, -0.2) is 17.7 Å². The molecule has 0 aromatic carbocycles. The van der Waals surface area contributed by atoms with E-state index in [4.69, 9.17) is 0 Å². The van der Waals surface area contributed by atoms with Gasteiger partial charge in [-0.15, -0.1) is 0 Å². The van der Waals surface area contributed by atoms with Crippen LogP contribution in [0.1, 0.15) is 20.8 Å². The van der Waals surface area contributed by atoms with Crippen LogP contribution in [0.5, 0.6) is 0 Å². The summed E-state index contributed by atoms with van der Waals surface area (Å²) in [5.74, 6) is -0.254. The van der Waals surface area contributed by atoms with Crippen molar-refractivity contribution in [3.63, 3.8) is 0 Å². The van der Waals surface area contributed by atoms with E-state index in [1.165, 1.54) is 13.0 Å². The third-order valence-corrected chi connectivity index (χ3v) is 2.42. The Hall–Kier alpha value is -1.38. The summed E-state index contributed by atoms with van der Waals surface area (Å²) >= 11 is 0. The molecule has 1 rings (SSSR count). The summed E-state index contributed by atoms with van der Waals surface area (Å²) in [5.41, 5.74) is 0.198. The van der Waals surface area contributed by atoms with Gasteiger partial charge in [0.1, 0.15) is 0 Å². The Bertz CT molecular complexity index is 326. The van der Waals surface area contributed by atoms with Crippen molar-refractivity contribution in [1.29, 1.82) is 0 Å². The first-order valence-electron chi connectivity index (χ1n) is 4.54. The molecule has 0 saturated heterocycles. The predicted molar refractivity (Wildman–Crippen MR) is 54.7 cm³/mol. The highest BCUT2D eigenvalue weighted by Gasteiger charge is 2.35. The first kappa shape index (κ1) is 10.7. The third-order valence-electron chi connectivity index (χ3n) is 2.42. The molecular formula is C11H15NO2. The van der Waals surface area contributed by atoms with Crippen molar-refractivity contribution in [2.75, 3.05) is 0 Å². The van der Waals surface area contributed by atoms with E-state index in [1.807, 2.05) is 19.9 Å². The van der Waals surface area contributed by atoms with Gasteiger partial charge in [-0.05, 0) is 6.08 Å². The molecule has 0 fully saturated rings. The van der Waals surface area contributed by atoms with Gasteiger partial charge in [-0.1, -0.05) is 26.5 Å². The van der Waals surface area contributed by atoms with Crippen LogP contribution in [0.3, 0.4) is 0 Å². The van der Waals surface area contributed by atoms with Crippen molar-refractivity contribution in [2.24, 2.45) is 5.41 Å². The minimum atomic E-state index is -0.294. The highest BCUT2D eigenvalue weighted by molar-refractivity contribution is 6.06. The van der Waals surface area contributed by atoms with Crippen molar-refractivity contribution in [3.8, 4) is 0 Å². The molecule has 0 aliphatic heterocycles. The van der Waals surface area contributed by atoms with Gasteiger partial charge < -0.3 is 5.32 Å². The number of hydrogen-bond acceptors (Lipinski definition) is 2. The molecule has 0 spiro atoms. The topological polar surface area (TPSA) is 46.2 Å². The highest BCUT2D eigenvalue weighted by Crippen LogP contribution is 2.31. The molecule has 0 bridgehead atoms. The van der Waals surface area contributed by atoms with E-state index >= 15 is 0 Å². The average molecular weight is 193 g/mol. The highest BCUT2D eigenvalue weighted by atomic mass is 16.1. The summed E-state index contributed by atoms with van der Waals surface area (Å²) < 4.78 is 0. The normalized spacial score (nSPS) is 24.9. The van der Waals surface area contributed by atoms with Crippen molar-refractivity contribution >= 4 is 11.7 Å². The van der Waals surface area contributed by atoms with E-state index in [0.29, 0.717) is 5.57 Å². The Morgan fingerprint density at radius 3 is 2.64 bits per heavy atom. The van der Waals surface area contributed by atoms with Gasteiger partial charge in [0.2, 0.25) is 5.91 Å². The van der Waals surface area contributed by atoms with Gasteiger partial charge in [-0.2, -0.15) is 0 Å². The molecule has 1 atom stereocenters. The Morgan fingerprint density at radius 1 is 1.57 bits per heavy atom. The minimum absolute atomic E-state index is 0.108. The molecule has 3 nitrogen and oxygen atoms in total. The second-order valence-corrected chi connectivity index (χ2v) is 4.18. The van der Waals surface area contributed by atoms with Crippen LogP contribution in [0, 0.1) is 5.41 Å². The fourth-order valence-corrected chi connectivity index (χ4v) is 1.56. The lowest BCUT2D eigenvalue weighted by atomic mass is 9.75. The van der Waals surface area contributed by atoms with E-state index < -0.39 is 0 Å². The summed E-state index contributed by atoms with van der Waals surface area (Å²) in [6, 6.07) is -0.294. The number of amides is 1. The molecule has 0 saturated carbocycles. The molecule has 0 heterocycles. The number of hydrogen-bond donors (Lipinski definition) is 1. The van der Waals surface area contributed by atoms with Crippen LogP contribution in [0.4, 0.5) is 0 Å². The van der Waals surface area contributed by atoms with Gasteiger partial charge in [-0.25, -0.2) is 0 Å². The largest absolute Gasteiger partial charge is 0.349 e. The lowest BCUT2D eigenvalue weighted by Gasteiger charge is -2.35. The van der Waals surface area contributed by atoms with Crippen molar-refractivity contribution < 1.29 is 9.59 Å². The molecule has 1 N–H and O–H groups in total. The third kappa shape index (κ3) is 1.92. The zero-order valence-electron chi connectivity index (χ0n) is 8.76. The van der Waals surface area contributed by atoms with Crippen LogP contribution in [0.2, 0.25) is 0 Å². The van der Waals surface area contributed by atoms with Crippen molar-refractivity contribution in [3.05, 3.63) is 24.3 Å². The lowest BCUT2D eigenvalue weighted by Crippen LogP contribution is -2.47. The van der Waals surface area contributed by atoms with E-state index in [0.717, 1.165) is 0 Å². The number of nitrogens with one attached hydrogen (secondary N) is 1.